The van der Waals surface area contributed by atoms with Gasteiger partial charge in [-0.25, -0.2) is 12.8 Å². The van der Waals surface area contributed by atoms with Crippen LogP contribution >= 0.6 is 11.6 Å². The van der Waals surface area contributed by atoms with Crippen LogP contribution in [0.25, 0.3) is 10.9 Å². The van der Waals surface area contributed by atoms with Crippen LogP contribution < -0.4 is 4.72 Å². The minimum absolute atomic E-state index is 0.0143. The van der Waals surface area contributed by atoms with Gasteiger partial charge in [-0.1, -0.05) is 11.6 Å². The molecule has 0 aliphatic heterocycles. The molecule has 5 nitrogen and oxygen atoms in total. The summed E-state index contributed by atoms with van der Waals surface area (Å²) < 4.78 is 43.1. The summed E-state index contributed by atoms with van der Waals surface area (Å²) in [4.78, 5) is 0.0143. The Morgan fingerprint density at radius 3 is 2.67 bits per heavy atom. The van der Waals surface area contributed by atoms with E-state index in [1.807, 2.05) is 0 Å². The number of sulfonamides is 1. The van der Waals surface area contributed by atoms with Gasteiger partial charge in [0.15, 0.2) is 0 Å². The van der Waals surface area contributed by atoms with Gasteiger partial charge in [0, 0.05) is 23.7 Å². The van der Waals surface area contributed by atoms with Crippen molar-refractivity contribution in [3.63, 3.8) is 0 Å². The van der Waals surface area contributed by atoms with Crippen molar-refractivity contribution in [1.82, 2.24) is 4.57 Å². The van der Waals surface area contributed by atoms with Crippen molar-refractivity contribution in [2.45, 2.75) is 4.90 Å². The van der Waals surface area contributed by atoms with Crippen LogP contribution in [0.2, 0.25) is 5.02 Å². The Morgan fingerprint density at radius 2 is 2.00 bits per heavy atom. The van der Waals surface area contributed by atoms with Crippen LogP contribution in [0.15, 0.2) is 47.5 Å². The molecule has 2 aromatic carbocycles. The van der Waals surface area contributed by atoms with E-state index in [-0.39, 0.29) is 16.1 Å². The lowest BCUT2D eigenvalue weighted by Crippen LogP contribution is -2.13. The van der Waals surface area contributed by atoms with E-state index < -0.39 is 15.8 Å². The Bertz CT molecular complexity index is 1100. The smallest absolute Gasteiger partial charge is 0.264 e. The van der Waals surface area contributed by atoms with E-state index in [1.54, 1.807) is 35.9 Å². The Hall–Kier alpha value is -2.56. The molecule has 0 fully saturated rings. The molecular formula is C16H11ClFN3O2S. The Balaban J connectivity index is 2.08. The Labute approximate surface area is 142 Å². The summed E-state index contributed by atoms with van der Waals surface area (Å²) in [5.74, 6) is -0.819. The lowest BCUT2D eigenvalue weighted by atomic mass is 10.2. The highest BCUT2D eigenvalue weighted by Gasteiger charge is 2.22. The second kappa shape index (κ2) is 5.82. The van der Waals surface area contributed by atoms with Gasteiger partial charge in [-0.2, -0.15) is 5.26 Å². The van der Waals surface area contributed by atoms with Crippen molar-refractivity contribution in [2.75, 3.05) is 4.72 Å². The van der Waals surface area contributed by atoms with E-state index in [0.29, 0.717) is 15.9 Å². The predicted octanol–water partition coefficient (Wildman–Crippen LogP) is 3.64. The summed E-state index contributed by atoms with van der Waals surface area (Å²) in [6, 6.07) is 10.2. The normalized spacial score (nSPS) is 11.4. The summed E-state index contributed by atoms with van der Waals surface area (Å²) in [6.07, 6.45) is 1.44. The van der Waals surface area contributed by atoms with Crippen LogP contribution in [0.4, 0.5) is 10.1 Å². The minimum atomic E-state index is -4.01. The van der Waals surface area contributed by atoms with Gasteiger partial charge in [-0.15, -0.1) is 0 Å². The number of benzene rings is 2. The lowest BCUT2D eigenvalue weighted by molar-refractivity contribution is 0.599. The molecule has 0 aliphatic carbocycles. The molecule has 122 valence electrons. The standard InChI is InChI=1S/C16H11ClFN3O2S/c1-21-9-16(12-4-3-11(17)7-15(12)21)24(22,23)20-14-5-2-10(8-19)6-13(14)18/h2-7,9,20H,1H3. The Morgan fingerprint density at radius 1 is 1.25 bits per heavy atom. The lowest BCUT2D eigenvalue weighted by Gasteiger charge is -2.08. The fourth-order valence-corrected chi connectivity index (χ4v) is 3.89. The molecule has 1 aromatic heterocycles. The van der Waals surface area contributed by atoms with Gasteiger partial charge in [0.1, 0.15) is 10.7 Å². The summed E-state index contributed by atoms with van der Waals surface area (Å²) >= 11 is 5.94. The van der Waals surface area contributed by atoms with E-state index in [0.717, 1.165) is 6.07 Å². The topological polar surface area (TPSA) is 74.9 Å². The van der Waals surface area contributed by atoms with Crippen molar-refractivity contribution < 1.29 is 12.8 Å². The highest BCUT2D eigenvalue weighted by molar-refractivity contribution is 7.93. The van der Waals surface area contributed by atoms with Gasteiger partial charge in [0.2, 0.25) is 0 Å². The van der Waals surface area contributed by atoms with E-state index in [1.165, 1.54) is 18.3 Å². The molecule has 8 heteroatoms. The molecule has 0 radical (unpaired) electrons. The maximum Gasteiger partial charge on any atom is 0.264 e. The summed E-state index contributed by atoms with van der Waals surface area (Å²) in [6.45, 7) is 0. The van der Waals surface area contributed by atoms with Crippen molar-refractivity contribution in [1.29, 1.82) is 5.26 Å². The second-order valence-electron chi connectivity index (χ2n) is 5.18. The fraction of sp³-hybridized carbons (Fsp3) is 0.0625. The third-order valence-electron chi connectivity index (χ3n) is 3.55. The third-order valence-corrected chi connectivity index (χ3v) is 5.18. The van der Waals surface area contributed by atoms with E-state index >= 15 is 0 Å². The molecule has 0 saturated carbocycles. The summed E-state index contributed by atoms with van der Waals surface area (Å²) in [7, 11) is -2.32. The van der Waals surface area contributed by atoms with Gasteiger partial charge in [0.05, 0.1) is 22.8 Å². The molecule has 0 bridgehead atoms. The highest BCUT2D eigenvalue weighted by Crippen LogP contribution is 2.29. The third kappa shape index (κ3) is 2.82. The number of hydrogen-bond acceptors (Lipinski definition) is 3. The number of halogens is 2. The highest BCUT2D eigenvalue weighted by atomic mass is 35.5. The first-order chi connectivity index (χ1) is 11.3. The maximum absolute atomic E-state index is 14.0. The Kier molecular flexibility index (Phi) is 3.95. The number of nitriles is 1. The fourth-order valence-electron chi connectivity index (χ4n) is 2.40. The van der Waals surface area contributed by atoms with E-state index in [2.05, 4.69) is 4.72 Å². The number of hydrogen-bond donors (Lipinski definition) is 1. The zero-order chi connectivity index (χ0) is 17.5. The SMILES string of the molecule is Cn1cc(S(=O)(=O)Nc2ccc(C#N)cc2F)c2ccc(Cl)cc21. The molecule has 24 heavy (non-hydrogen) atoms. The van der Waals surface area contributed by atoms with Crippen LogP contribution in [-0.4, -0.2) is 13.0 Å². The molecule has 0 amide bonds. The van der Waals surface area contributed by atoms with Crippen LogP contribution in [-0.2, 0) is 17.1 Å². The zero-order valence-corrected chi connectivity index (χ0v) is 14.0. The monoisotopic (exact) mass is 363 g/mol. The van der Waals surface area contributed by atoms with Crippen LogP contribution in [0.5, 0.6) is 0 Å². The molecule has 1 N–H and O–H groups in total. The van der Waals surface area contributed by atoms with E-state index in [9.17, 15) is 12.8 Å². The molecule has 0 saturated heterocycles. The second-order valence-corrected chi connectivity index (χ2v) is 7.26. The number of aromatic nitrogens is 1. The molecular weight excluding hydrogens is 353 g/mol. The number of nitrogens with zero attached hydrogens (tertiary/aromatic N) is 2. The first kappa shape index (κ1) is 16.3. The number of anilines is 1. The van der Waals surface area contributed by atoms with E-state index in [4.69, 9.17) is 16.9 Å². The van der Waals surface area contributed by atoms with Gasteiger partial charge in [-0.3, -0.25) is 4.72 Å². The van der Waals surface area contributed by atoms with Crippen LogP contribution in [0, 0.1) is 17.1 Å². The average Bonchev–Trinajstić information content (AvgIpc) is 2.86. The van der Waals surface area contributed by atoms with Crippen LogP contribution in [0.3, 0.4) is 0 Å². The number of rotatable bonds is 3. The quantitative estimate of drug-likeness (QED) is 0.771. The molecule has 0 aliphatic rings. The average molecular weight is 364 g/mol. The van der Waals surface area contributed by atoms with Crippen LogP contribution in [0.1, 0.15) is 5.56 Å². The van der Waals surface area contributed by atoms with Crippen molar-refractivity contribution in [3.05, 3.63) is 59.0 Å². The first-order valence-corrected chi connectivity index (χ1v) is 8.65. The van der Waals surface area contributed by atoms with Crippen molar-refractivity contribution >= 4 is 38.2 Å². The largest absolute Gasteiger partial charge is 0.349 e. The predicted molar refractivity (Wildman–Crippen MR) is 89.9 cm³/mol. The number of aryl methyl sites for hydroxylation is 1. The van der Waals surface area contributed by atoms with Crippen molar-refractivity contribution in [3.8, 4) is 6.07 Å². The molecule has 3 rings (SSSR count). The number of nitrogens with one attached hydrogen (secondary N) is 1. The first-order valence-electron chi connectivity index (χ1n) is 6.79. The summed E-state index contributed by atoms with van der Waals surface area (Å²) in [5, 5.41) is 9.70. The minimum Gasteiger partial charge on any atom is -0.349 e. The number of fused-ring (bicyclic) bond motifs is 1. The van der Waals surface area contributed by atoms with Gasteiger partial charge in [-0.05, 0) is 36.4 Å². The molecule has 1 heterocycles. The molecule has 3 aromatic rings. The molecule has 0 atom stereocenters. The maximum atomic E-state index is 14.0. The molecule has 0 spiro atoms. The zero-order valence-electron chi connectivity index (χ0n) is 12.4. The van der Waals surface area contributed by atoms with Gasteiger partial charge in [0.25, 0.3) is 10.0 Å². The van der Waals surface area contributed by atoms with Gasteiger partial charge >= 0.3 is 0 Å². The van der Waals surface area contributed by atoms with Gasteiger partial charge < -0.3 is 4.57 Å². The van der Waals surface area contributed by atoms with Crippen molar-refractivity contribution in [2.24, 2.45) is 7.05 Å². The molecule has 0 unspecified atom stereocenters. The summed E-state index contributed by atoms with van der Waals surface area (Å²) in [5.41, 5.74) is 0.526.